The predicted octanol–water partition coefficient (Wildman–Crippen LogP) is 2.33. The molecule has 0 saturated carbocycles. The van der Waals surface area contributed by atoms with E-state index >= 15 is 0 Å². The summed E-state index contributed by atoms with van der Waals surface area (Å²) in [4.78, 5) is 0. The molecule has 88 valence electrons. The van der Waals surface area contributed by atoms with Gasteiger partial charge in [-0.15, -0.1) is 0 Å². The van der Waals surface area contributed by atoms with E-state index in [1.165, 1.54) is 0 Å². The van der Waals surface area contributed by atoms with Crippen LogP contribution in [0.25, 0.3) is 6.08 Å². The van der Waals surface area contributed by atoms with E-state index in [0.717, 1.165) is 5.56 Å². The van der Waals surface area contributed by atoms with E-state index in [0.29, 0.717) is 17.2 Å². The van der Waals surface area contributed by atoms with Crippen molar-refractivity contribution in [2.45, 2.75) is 0 Å². The first-order chi connectivity index (χ1) is 7.76. The maximum absolute atomic E-state index is 5.22. The van der Waals surface area contributed by atoms with Gasteiger partial charge in [-0.2, -0.15) is 0 Å². The Morgan fingerprint density at radius 1 is 0.875 bits per heavy atom. The number of benzene rings is 1. The van der Waals surface area contributed by atoms with Crippen LogP contribution in [0.4, 0.5) is 0 Å². The highest BCUT2D eigenvalue weighted by Gasteiger charge is 2.11. The van der Waals surface area contributed by atoms with Gasteiger partial charge in [0, 0.05) is 0 Å². The molecule has 0 aromatic heterocycles. The van der Waals surface area contributed by atoms with Crippen LogP contribution in [0.2, 0.25) is 0 Å². The van der Waals surface area contributed by atoms with Crippen molar-refractivity contribution in [2.75, 3.05) is 28.4 Å². The molecule has 0 aliphatic carbocycles. The summed E-state index contributed by atoms with van der Waals surface area (Å²) < 4.78 is 20.5. The summed E-state index contributed by atoms with van der Waals surface area (Å²) in [5.74, 6) is 1.83. The first-order valence-corrected chi connectivity index (χ1v) is 4.76. The Hall–Kier alpha value is -1.84. The summed E-state index contributed by atoms with van der Waals surface area (Å²) in [5.41, 5.74) is 0.913. The third-order valence-corrected chi connectivity index (χ3v) is 2.08. The van der Waals surface area contributed by atoms with Gasteiger partial charge in [0.25, 0.3) is 0 Å². The molecular weight excluding hydrogens is 208 g/mol. The van der Waals surface area contributed by atoms with Crippen LogP contribution in [-0.4, -0.2) is 28.4 Å². The van der Waals surface area contributed by atoms with E-state index in [-0.39, 0.29) is 0 Å². The number of methoxy groups -OCH3 is 4. The molecule has 1 aromatic rings. The number of rotatable bonds is 5. The minimum Gasteiger partial charge on any atom is -0.504 e. The van der Waals surface area contributed by atoms with Gasteiger partial charge in [0.1, 0.15) is 0 Å². The molecule has 0 saturated heterocycles. The van der Waals surface area contributed by atoms with Crippen LogP contribution in [0.15, 0.2) is 18.4 Å². The molecule has 0 atom stereocenters. The van der Waals surface area contributed by atoms with Crippen molar-refractivity contribution in [3.8, 4) is 17.2 Å². The normalized spacial score (nSPS) is 10.2. The lowest BCUT2D eigenvalue weighted by Gasteiger charge is -2.12. The molecule has 0 bridgehead atoms. The molecule has 1 rings (SSSR count). The van der Waals surface area contributed by atoms with Crippen molar-refractivity contribution in [1.29, 1.82) is 0 Å². The lowest BCUT2D eigenvalue weighted by molar-refractivity contribution is 0.324. The van der Waals surface area contributed by atoms with E-state index in [1.54, 1.807) is 34.7 Å². The predicted molar refractivity (Wildman–Crippen MR) is 62.1 cm³/mol. The first-order valence-electron chi connectivity index (χ1n) is 4.76. The molecule has 0 spiro atoms. The van der Waals surface area contributed by atoms with Crippen LogP contribution in [0, 0.1) is 0 Å². The van der Waals surface area contributed by atoms with Crippen LogP contribution >= 0.6 is 0 Å². The Morgan fingerprint density at radius 2 is 1.44 bits per heavy atom. The van der Waals surface area contributed by atoms with Crippen molar-refractivity contribution in [1.82, 2.24) is 0 Å². The van der Waals surface area contributed by atoms with Gasteiger partial charge in [0.05, 0.1) is 34.7 Å². The molecule has 0 fully saturated rings. The number of hydrogen-bond donors (Lipinski definition) is 0. The summed E-state index contributed by atoms with van der Waals surface area (Å²) in [6.45, 7) is 0. The van der Waals surface area contributed by atoms with Crippen LogP contribution in [0.3, 0.4) is 0 Å². The van der Waals surface area contributed by atoms with E-state index in [9.17, 15) is 0 Å². The molecule has 0 amide bonds. The van der Waals surface area contributed by atoms with Gasteiger partial charge < -0.3 is 18.9 Å². The maximum Gasteiger partial charge on any atom is 0.203 e. The minimum absolute atomic E-state index is 0.583. The van der Waals surface area contributed by atoms with E-state index in [1.807, 2.05) is 18.2 Å². The van der Waals surface area contributed by atoms with Crippen molar-refractivity contribution < 1.29 is 18.9 Å². The molecule has 0 heterocycles. The molecular formula is C12H16O4. The lowest BCUT2D eigenvalue weighted by Crippen LogP contribution is -1.95. The van der Waals surface area contributed by atoms with Crippen LogP contribution in [-0.2, 0) is 4.74 Å². The van der Waals surface area contributed by atoms with Crippen molar-refractivity contribution in [2.24, 2.45) is 0 Å². The van der Waals surface area contributed by atoms with Gasteiger partial charge in [-0.25, -0.2) is 0 Å². The zero-order valence-corrected chi connectivity index (χ0v) is 9.94. The highest BCUT2D eigenvalue weighted by Crippen LogP contribution is 2.38. The van der Waals surface area contributed by atoms with E-state index in [4.69, 9.17) is 18.9 Å². The first kappa shape index (κ1) is 12.2. The van der Waals surface area contributed by atoms with Crippen molar-refractivity contribution in [3.05, 3.63) is 24.0 Å². The van der Waals surface area contributed by atoms with Gasteiger partial charge in [0.2, 0.25) is 5.75 Å². The standard InChI is InChI=1S/C12H16O4/c1-13-6-5-9-7-10(14-2)12(16-4)11(8-9)15-3/h5-8H,1-4H3. The Bertz CT molecular complexity index is 346. The summed E-state index contributed by atoms with van der Waals surface area (Å²) in [6, 6.07) is 3.69. The molecule has 16 heavy (non-hydrogen) atoms. The highest BCUT2D eigenvalue weighted by atomic mass is 16.5. The molecule has 4 heteroatoms. The summed E-state index contributed by atoms with van der Waals surface area (Å²) in [7, 11) is 6.34. The molecule has 4 nitrogen and oxygen atoms in total. The third kappa shape index (κ3) is 2.59. The zero-order valence-electron chi connectivity index (χ0n) is 9.94. The number of hydrogen-bond acceptors (Lipinski definition) is 4. The van der Waals surface area contributed by atoms with Gasteiger partial charge in [-0.05, 0) is 23.8 Å². The SMILES string of the molecule is COC=Cc1cc(OC)c(OC)c(OC)c1. The Kier molecular flexibility index (Phi) is 4.51. The van der Waals surface area contributed by atoms with Gasteiger partial charge in [-0.1, -0.05) is 0 Å². The summed E-state index contributed by atoms with van der Waals surface area (Å²) >= 11 is 0. The molecule has 0 radical (unpaired) electrons. The Labute approximate surface area is 95.4 Å². The van der Waals surface area contributed by atoms with E-state index < -0.39 is 0 Å². The molecule has 1 aromatic carbocycles. The fourth-order valence-electron chi connectivity index (χ4n) is 1.34. The van der Waals surface area contributed by atoms with Gasteiger partial charge in [0.15, 0.2) is 11.5 Å². The quantitative estimate of drug-likeness (QED) is 0.719. The van der Waals surface area contributed by atoms with Crippen molar-refractivity contribution in [3.63, 3.8) is 0 Å². The Morgan fingerprint density at radius 3 is 1.81 bits per heavy atom. The largest absolute Gasteiger partial charge is 0.504 e. The average molecular weight is 224 g/mol. The second-order valence-corrected chi connectivity index (χ2v) is 3.00. The molecule has 0 aliphatic rings. The summed E-state index contributed by atoms with van der Waals surface area (Å²) in [5, 5.41) is 0. The second-order valence-electron chi connectivity index (χ2n) is 3.00. The summed E-state index contributed by atoms with van der Waals surface area (Å²) in [6.07, 6.45) is 3.39. The zero-order chi connectivity index (χ0) is 12.0. The maximum atomic E-state index is 5.22. The highest BCUT2D eigenvalue weighted by molar-refractivity contribution is 5.61. The number of ether oxygens (including phenoxy) is 4. The molecule has 0 unspecified atom stereocenters. The Balaban J connectivity index is 3.20. The minimum atomic E-state index is 0.583. The average Bonchev–Trinajstić information content (AvgIpc) is 2.34. The van der Waals surface area contributed by atoms with E-state index in [2.05, 4.69) is 0 Å². The van der Waals surface area contributed by atoms with Crippen LogP contribution < -0.4 is 14.2 Å². The molecule has 0 N–H and O–H groups in total. The molecule has 0 aliphatic heterocycles. The lowest BCUT2D eigenvalue weighted by atomic mass is 10.2. The fraction of sp³-hybridized carbons (Fsp3) is 0.333. The fourth-order valence-corrected chi connectivity index (χ4v) is 1.34. The van der Waals surface area contributed by atoms with Crippen LogP contribution in [0.1, 0.15) is 5.56 Å². The van der Waals surface area contributed by atoms with Crippen molar-refractivity contribution >= 4 is 6.08 Å². The smallest absolute Gasteiger partial charge is 0.203 e. The van der Waals surface area contributed by atoms with Gasteiger partial charge in [-0.3, -0.25) is 0 Å². The topological polar surface area (TPSA) is 36.9 Å². The van der Waals surface area contributed by atoms with Gasteiger partial charge >= 0.3 is 0 Å². The second kappa shape index (κ2) is 5.90. The monoisotopic (exact) mass is 224 g/mol. The van der Waals surface area contributed by atoms with Crippen LogP contribution in [0.5, 0.6) is 17.2 Å². The third-order valence-electron chi connectivity index (χ3n) is 2.08.